The monoisotopic (exact) mass is 320 g/mol. The van der Waals surface area contributed by atoms with Gasteiger partial charge in [-0.1, -0.05) is 0 Å². The highest BCUT2D eigenvalue weighted by Crippen LogP contribution is 2.39. The number of ether oxygens (including phenoxy) is 2. The molecule has 96 valence electrons. The molecule has 1 aromatic rings. The molecule has 0 aromatic heterocycles. The average Bonchev–Trinajstić information content (AvgIpc) is 2.22. The topological polar surface area (TPSA) is 18.5 Å². The molecular weight excluding hydrogens is 315 g/mol. The van der Waals surface area contributed by atoms with Crippen LogP contribution in [0.15, 0.2) is 10.5 Å². The van der Waals surface area contributed by atoms with Crippen LogP contribution in [0.25, 0.3) is 0 Å². The fourth-order valence-electron chi connectivity index (χ4n) is 1.03. The maximum Gasteiger partial charge on any atom is 0.419 e. The van der Waals surface area contributed by atoms with E-state index in [1.165, 1.54) is 7.11 Å². The van der Waals surface area contributed by atoms with Crippen molar-refractivity contribution >= 4 is 15.9 Å². The largest absolute Gasteiger partial charge is 0.461 e. The van der Waals surface area contributed by atoms with Gasteiger partial charge in [-0.3, -0.25) is 0 Å². The molecule has 0 atom stereocenters. The molecule has 1 rings (SSSR count). The summed E-state index contributed by atoms with van der Waals surface area (Å²) >= 11 is 2.55. The lowest BCUT2D eigenvalue weighted by molar-refractivity contribution is -0.140. The molecule has 0 aliphatic rings. The van der Waals surface area contributed by atoms with Gasteiger partial charge in [-0.25, -0.2) is 8.78 Å². The molecule has 0 bridgehead atoms. The molecule has 0 radical (unpaired) electrons. The van der Waals surface area contributed by atoms with Crippen molar-refractivity contribution in [3.05, 3.63) is 27.7 Å². The van der Waals surface area contributed by atoms with E-state index in [9.17, 15) is 22.0 Å². The van der Waals surface area contributed by atoms with Crippen LogP contribution in [0.1, 0.15) is 5.56 Å². The predicted octanol–water partition coefficient (Wildman–Crippen LogP) is 3.73. The highest BCUT2D eigenvalue weighted by atomic mass is 79.9. The Bertz CT molecular complexity index is 419. The van der Waals surface area contributed by atoms with Gasteiger partial charge >= 0.3 is 6.18 Å². The number of hydrogen-bond donors (Lipinski definition) is 0. The van der Waals surface area contributed by atoms with Gasteiger partial charge in [0.2, 0.25) is 0 Å². The highest BCUT2D eigenvalue weighted by Gasteiger charge is 2.37. The number of alkyl halides is 3. The van der Waals surface area contributed by atoms with Gasteiger partial charge in [0.15, 0.2) is 24.2 Å². The van der Waals surface area contributed by atoms with E-state index in [4.69, 9.17) is 0 Å². The van der Waals surface area contributed by atoms with E-state index in [1.54, 1.807) is 0 Å². The van der Waals surface area contributed by atoms with Gasteiger partial charge in [0.25, 0.3) is 0 Å². The molecule has 0 saturated heterocycles. The number of benzene rings is 1. The van der Waals surface area contributed by atoms with Crippen LogP contribution in [0.5, 0.6) is 5.75 Å². The molecule has 0 fully saturated rings. The maximum absolute atomic E-state index is 13.4. The van der Waals surface area contributed by atoms with Crippen LogP contribution in [0.4, 0.5) is 22.0 Å². The van der Waals surface area contributed by atoms with E-state index in [1.807, 2.05) is 0 Å². The minimum absolute atomic E-state index is 0.310. The van der Waals surface area contributed by atoms with Crippen molar-refractivity contribution < 1.29 is 31.4 Å². The third-order valence-electron chi connectivity index (χ3n) is 1.74. The standard InChI is InChI=1S/C9H6BrF5O2/c1-16-3-17-8-6(11)4(9(13,14)15)2-5(10)7(8)12/h2H,3H2,1H3. The molecular formula is C9H6BrF5O2. The fraction of sp³-hybridized carbons (Fsp3) is 0.333. The third kappa shape index (κ3) is 3.06. The SMILES string of the molecule is COCOc1c(F)c(Br)cc(C(F)(F)F)c1F. The highest BCUT2D eigenvalue weighted by molar-refractivity contribution is 9.10. The normalized spacial score (nSPS) is 11.7. The van der Waals surface area contributed by atoms with E-state index >= 15 is 0 Å². The fourth-order valence-corrected chi connectivity index (χ4v) is 1.44. The van der Waals surface area contributed by atoms with Gasteiger partial charge in [0, 0.05) is 7.11 Å². The van der Waals surface area contributed by atoms with Gasteiger partial charge in [-0.2, -0.15) is 13.2 Å². The lowest BCUT2D eigenvalue weighted by Gasteiger charge is -2.13. The first-order valence-corrected chi connectivity index (χ1v) is 4.94. The van der Waals surface area contributed by atoms with Crippen molar-refractivity contribution in [2.75, 3.05) is 13.9 Å². The van der Waals surface area contributed by atoms with Crippen LogP contribution in [-0.2, 0) is 10.9 Å². The second-order valence-electron chi connectivity index (χ2n) is 2.91. The molecule has 0 unspecified atom stereocenters. The Morgan fingerprint density at radius 3 is 2.29 bits per heavy atom. The Balaban J connectivity index is 3.33. The summed E-state index contributed by atoms with van der Waals surface area (Å²) < 4.78 is 72.1. The molecule has 0 amide bonds. The minimum Gasteiger partial charge on any atom is -0.461 e. The average molecular weight is 321 g/mol. The molecule has 8 heteroatoms. The van der Waals surface area contributed by atoms with Crippen molar-refractivity contribution in [3.8, 4) is 5.75 Å². The Labute approximate surface area is 101 Å². The van der Waals surface area contributed by atoms with E-state index in [0.717, 1.165) is 0 Å². The second-order valence-corrected chi connectivity index (χ2v) is 3.77. The summed E-state index contributed by atoms with van der Waals surface area (Å²) in [6, 6.07) is 0.310. The van der Waals surface area contributed by atoms with Crippen molar-refractivity contribution in [3.63, 3.8) is 0 Å². The predicted molar refractivity (Wildman–Crippen MR) is 51.6 cm³/mol. The van der Waals surface area contributed by atoms with Crippen LogP contribution >= 0.6 is 15.9 Å². The molecule has 0 aliphatic carbocycles. The first-order chi connectivity index (χ1) is 7.79. The third-order valence-corrected chi connectivity index (χ3v) is 2.32. The molecule has 2 nitrogen and oxygen atoms in total. The smallest absolute Gasteiger partial charge is 0.419 e. The summed E-state index contributed by atoms with van der Waals surface area (Å²) in [6.07, 6.45) is -4.94. The number of hydrogen-bond acceptors (Lipinski definition) is 2. The summed E-state index contributed by atoms with van der Waals surface area (Å²) in [5.41, 5.74) is -1.61. The molecule has 0 aliphatic heterocycles. The van der Waals surface area contributed by atoms with Crippen LogP contribution < -0.4 is 4.74 Å². The van der Waals surface area contributed by atoms with Gasteiger partial charge in [0.05, 0.1) is 10.0 Å². The summed E-state index contributed by atoms with van der Waals surface area (Å²) in [5, 5.41) is 0. The van der Waals surface area contributed by atoms with Gasteiger partial charge in [-0.15, -0.1) is 0 Å². The molecule has 0 heterocycles. The van der Waals surface area contributed by atoms with Crippen LogP contribution in [0, 0.1) is 11.6 Å². The van der Waals surface area contributed by atoms with Crippen molar-refractivity contribution in [2.24, 2.45) is 0 Å². The van der Waals surface area contributed by atoms with Gasteiger partial charge < -0.3 is 9.47 Å². The Morgan fingerprint density at radius 1 is 1.24 bits per heavy atom. The Hall–Kier alpha value is -0.890. The van der Waals surface area contributed by atoms with Crippen molar-refractivity contribution in [1.82, 2.24) is 0 Å². The molecule has 0 saturated carbocycles. The lowest BCUT2D eigenvalue weighted by atomic mass is 10.2. The number of halogens is 6. The quantitative estimate of drug-likeness (QED) is 0.480. The Kier molecular flexibility index (Phi) is 4.31. The van der Waals surface area contributed by atoms with Crippen LogP contribution in [0.3, 0.4) is 0 Å². The summed E-state index contributed by atoms with van der Waals surface area (Å²) in [6.45, 7) is -0.568. The first-order valence-electron chi connectivity index (χ1n) is 4.15. The van der Waals surface area contributed by atoms with E-state index in [2.05, 4.69) is 25.4 Å². The number of methoxy groups -OCH3 is 1. The molecule has 0 spiro atoms. The second kappa shape index (κ2) is 5.18. The van der Waals surface area contributed by atoms with Crippen molar-refractivity contribution in [1.29, 1.82) is 0 Å². The first kappa shape index (κ1) is 14.2. The number of rotatable bonds is 3. The van der Waals surface area contributed by atoms with Crippen LogP contribution in [0.2, 0.25) is 0 Å². The molecule has 1 aromatic carbocycles. The Morgan fingerprint density at radius 2 is 1.82 bits per heavy atom. The van der Waals surface area contributed by atoms with E-state index in [-0.39, 0.29) is 0 Å². The van der Waals surface area contributed by atoms with E-state index in [0.29, 0.717) is 6.07 Å². The maximum atomic E-state index is 13.4. The lowest BCUT2D eigenvalue weighted by Crippen LogP contribution is -2.12. The summed E-state index contributed by atoms with van der Waals surface area (Å²) in [5.74, 6) is -4.20. The summed E-state index contributed by atoms with van der Waals surface area (Å²) in [7, 11) is 1.17. The van der Waals surface area contributed by atoms with Crippen LogP contribution in [-0.4, -0.2) is 13.9 Å². The molecule has 17 heavy (non-hydrogen) atoms. The minimum atomic E-state index is -4.94. The van der Waals surface area contributed by atoms with Gasteiger partial charge in [0.1, 0.15) is 0 Å². The van der Waals surface area contributed by atoms with Gasteiger partial charge in [-0.05, 0) is 22.0 Å². The summed E-state index contributed by atoms with van der Waals surface area (Å²) in [4.78, 5) is 0. The zero-order chi connectivity index (χ0) is 13.2. The van der Waals surface area contributed by atoms with Crippen molar-refractivity contribution in [2.45, 2.75) is 6.18 Å². The molecule has 0 N–H and O–H groups in total. The zero-order valence-electron chi connectivity index (χ0n) is 8.37. The van der Waals surface area contributed by atoms with E-state index < -0.39 is 40.4 Å². The zero-order valence-corrected chi connectivity index (χ0v) is 9.95.